The molecule has 0 aromatic rings. The minimum Gasteiger partial charge on any atom is -0.314 e. The summed E-state index contributed by atoms with van der Waals surface area (Å²) >= 11 is 0. The van der Waals surface area contributed by atoms with E-state index in [2.05, 4.69) is 24.1 Å². The van der Waals surface area contributed by atoms with Crippen LogP contribution in [-0.4, -0.2) is 37.1 Å². The van der Waals surface area contributed by atoms with Gasteiger partial charge in [-0.05, 0) is 63.6 Å². The second-order valence-electron chi connectivity index (χ2n) is 6.25. The van der Waals surface area contributed by atoms with Gasteiger partial charge in [0.05, 0.1) is 0 Å². The number of hydrogen-bond acceptors (Lipinski definition) is 2. The molecule has 0 atom stereocenters. The average Bonchev–Trinajstić information content (AvgIpc) is 3.09. The SMILES string of the molecule is CCCNC1CCN(CC2(CCC)CC2)CC1. The number of nitrogens with one attached hydrogen (secondary N) is 1. The molecule has 17 heavy (non-hydrogen) atoms. The molecule has 0 amide bonds. The van der Waals surface area contributed by atoms with Gasteiger partial charge < -0.3 is 10.2 Å². The maximum Gasteiger partial charge on any atom is 0.00914 e. The van der Waals surface area contributed by atoms with E-state index >= 15 is 0 Å². The lowest BCUT2D eigenvalue weighted by atomic mass is 9.97. The average molecular weight is 238 g/mol. The lowest BCUT2D eigenvalue weighted by molar-refractivity contribution is 0.160. The smallest absolute Gasteiger partial charge is 0.00914 e. The van der Waals surface area contributed by atoms with Gasteiger partial charge in [0.1, 0.15) is 0 Å². The van der Waals surface area contributed by atoms with Crippen LogP contribution in [0.4, 0.5) is 0 Å². The Labute approximate surface area is 107 Å². The number of likely N-dealkylation sites (tertiary alicyclic amines) is 1. The highest BCUT2D eigenvalue weighted by molar-refractivity contribution is 4.96. The molecule has 0 aromatic heterocycles. The molecule has 0 aromatic carbocycles. The summed E-state index contributed by atoms with van der Waals surface area (Å²) in [6.07, 6.45) is 9.81. The monoisotopic (exact) mass is 238 g/mol. The normalized spacial score (nSPS) is 25.1. The van der Waals surface area contributed by atoms with Gasteiger partial charge in [0.15, 0.2) is 0 Å². The Bertz CT molecular complexity index is 215. The van der Waals surface area contributed by atoms with Crippen LogP contribution >= 0.6 is 0 Å². The zero-order valence-corrected chi connectivity index (χ0v) is 11.8. The zero-order valence-electron chi connectivity index (χ0n) is 11.8. The predicted molar refractivity (Wildman–Crippen MR) is 74.3 cm³/mol. The van der Waals surface area contributed by atoms with Crippen molar-refractivity contribution in [2.45, 2.75) is 64.8 Å². The summed E-state index contributed by atoms with van der Waals surface area (Å²) in [5, 5.41) is 3.67. The molecule has 2 nitrogen and oxygen atoms in total. The van der Waals surface area contributed by atoms with E-state index < -0.39 is 0 Å². The van der Waals surface area contributed by atoms with Gasteiger partial charge in [0.2, 0.25) is 0 Å². The minimum absolute atomic E-state index is 0.748. The Morgan fingerprint density at radius 2 is 1.82 bits per heavy atom. The van der Waals surface area contributed by atoms with E-state index in [1.54, 1.807) is 0 Å². The second-order valence-corrected chi connectivity index (χ2v) is 6.25. The summed E-state index contributed by atoms with van der Waals surface area (Å²) in [7, 11) is 0. The van der Waals surface area contributed by atoms with Crippen LogP contribution in [-0.2, 0) is 0 Å². The molecule has 1 aliphatic carbocycles. The van der Waals surface area contributed by atoms with Crippen molar-refractivity contribution in [3.05, 3.63) is 0 Å². The summed E-state index contributed by atoms with van der Waals surface area (Å²) < 4.78 is 0. The summed E-state index contributed by atoms with van der Waals surface area (Å²) in [5.41, 5.74) is 0.748. The molecule has 1 saturated heterocycles. The Morgan fingerprint density at radius 1 is 1.12 bits per heavy atom. The number of hydrogen-bond donors (Lipinski definition) is 1. The number of nitrogens with zero attached hydrogens (tertiary/aromatic N) is 1. The standard InChI is InChI=1S/C15H30N2/c1-3-7-15(8-9-15)13-17-11-5-14(6-12-17)16-10-4-2/h14,16H,3-13H2,1-2H3. The molecule has 0 unspecified atom stereocenters. The van der Waals surface area contributed by atoms with Crippen molar-refractivity contribution in [1.29, 1.82) is 0 Å². The number of rotatable bonds is 7. The van der Waals surface area contributed by atoms with Crippen molar-refractivity contribution in [2.24, 2.45) is 5.41 Å². The van der Waals surface area contributed by atoms with Gasteiger partial charge in [0, 0.05) is 12.6 Å². The van der Waals surface area contributed by atoms with Gasteiger partial charge in [-0.3, -0.25) is 0 Å². The van der Waals surface area contributed by atoms with E-state index in [0.29, 0.717) is 0 Å². The first-order valence-corrected chi connectivity index (χ1v) is 7.74. The van der Waals surface area contributed by atoms with Crippen LogP contribution in [0.5, 0.6) is 0 Å². The third-order valence-corrected chi connectivity index (χ3v) is 4.57. The van der Waals surface area contributed by atoms with Gasteiger partial charge in [-0.1, -0.05) is 20.3 Å². The molecule has 1 saturated carbocycles. The highest BCUT2D eigenvalue weighted by atomic mass is 15.2. The molecule has 100 valence electrons. The van der Waals surface area contributed by atoms with Crippen molar-refractivity contribution in [3.63, 3.8) is 0 Å². The molecular weight excluding hydrogens is 208 g/mol. The molecule has 0 spiro atoms. The third kappa shape index (κ3) is 3.96. The van der Waals surface area contributed by atoms with Crippen molar-refractivity contribution < 1.29 is 0 Å². The van der Waals surface area contributed by atoms with Crippen molar-refractivity contribution in [1.82, 2.24) is 10.2 Å². The van der Waals surface area contributed by atoms with Crippen LogP contribution in [0.15, 0.2) is 0 Å². The molecule has 2 aliphatic rings. The fraction of sp³-hybridized carbons (Fsp3) is 1.00. The van der Waals surface area contributed by atoms with Crippen LogP contribution in [0.3, 0.4) is 0 Å². The maximum atomic E-state index is 3.67. The largest absolute Gasteiger partial charge is 0.314 e. The second kappa shape index (κ2) is 6.19. The molecule has 0 radical (unpaired) electrons. The van der Waals surface area contributed by atoms with Crippen LogP contribution in [0, 0.1) is 5.41 Å². The van der Waals surface area contributed by atoms with E-state index in [1.807, 2.05) is 0 Å². The topological polar surface area (TPSA) is 15.3 Å². The molecule has 1 heterocycles. The first kappa shape index (κ1) is 13.4. The molecule has 2 heteroatoms. The molecule has 0 bridgehead atoms. The Kier molecular flexibility index (Phi) is 4.87. The molecule has 2 rings (SSSR count). The van der Waals surface area contributed by atoms with Crippen molar-refractivity contribution in [2.75, 3.05) is 26.2 Å². The predicted octanol–water partition coefficient (Wildman–Crippen LogP) is 3.03. The highest BCUT2D eigenvalue weighted by Crippen LogP contribution is 2.50. The van der Waals surface area contributed by atoms with E-state index in [1.165, 1.54) is 71.1 Å². The zero-order chi connectivity index (χ0) is 12.1. The van der Waals surface area contributed by atoms with Crippen LogP contribution in [0.1, 0.15) is 58.8 Å². The first-order chi connectivity index (χ1) is 8.28. The van der Waals surface area contributed by atoms with Crippen molar-refractivity contribution >= 4 is 0 Å². The van der Waals surface area contributed by atoms with E-state index in [4.69, 9.17) is 0 Å². The third-order valence-electron chi connectivity index (χ3n) is 4.57. The van der Waals surface area contributed by atoms with E-state index in [0.717, 1.165) is 11.5 Å². The quantitative estimate of drug-likeness (QED) is 0.733. The first-order valence-electron chi connectivity index (χ1n) is 7.74. The Hall–Kier alpha value is -0.0800. The highest BCUT2D eigenvalue weighted by Gasteiger charge is 2.42. The van der Waals surface area contributed by atoms with Crippen molar-refractivity contribution in [3.8, 4) is 0 Å². The van der Waals surface area contributed by atoms with Crippen LogP contribution in [0.25, 0.3) is 0 Å². The van der Waals surface area contributed by atoms with Gasteiger partial charge in [0.25, 0.3) is 0 Å². The summed E-state index contributed by atoms with van der Waals surface area (Å²) in [6.45, 7) is 9.83. The maximum absolute atomic E-state index is 3.67. The summed E-state index contributed by atoms with van der Waals surface area (Å²) in [6, 6.07) is 0.799. The molecule has 1 aliphatic heterocycles. The molecule has 1 N–H and O–H groups in total. The van der Waals surface area contributed by atoms with Gasteiger partial charge in [-0.25, -0.2) is 0 Å². The van der Waals surface area contributed by atoms with Crippen LogP contribution < -0.4 is 5.32 Å². The number of piperidine rings is 1. The minimum atomic E-state index is 0.748. The van der Waals surface area contributed by atoms with Gasteiger partial charge in [-0.2, -0.15) is 0 Å². The van der Waals surface area contributed by atoms with Crippen LogP contribution in [0.2, 0.25) is 0 Å². The lowest BCUT2D eigenvalue weighted by Crippen LogP contribution is -2.44. The summed E-state index contributed by atoms with van der Waals surface area (Å²) in [4.78, 5) is 2.73. The summed E-state index contributed by atoms with van der Waals surface area (Å²) in [5.74, 6) is 0. The van der Waals surface area contributed by atoms with Gasteiger partial charge >= 0.3 is 0 Å². The van der Waals surface area contributed by atoms with E-state index in [9.17, 15) is 0 Å². The Balaban J connectivity index is 1.65. The lowest BCUT2D eigenvalue weighted by Gasteiger charge is -2.34. The Morgan fingerprint density at radius 3 is 2.35 bits per heavy atom. The molecular formula is C15H30N2. The fourth-order valence-electron chi connectivity index (χ4n) is 3.31. The van der Waals surface area contributed by atoms with Gasteiger partial charge in [-0.15, -0.1) is 0 Å². The molecule has 2 fully saturated rings. The van der Waals surface area contributed by atoms with E-state index in [-0.39, 0.29) is 0 Å². The fourth-order valence-corrected chi connectivity index (χ4v) is 3.31.